The van der Waals surface area contributed by atoms with Crippen LogP contribution in [0.15, 0.2) is 24.3 Å². The van der Waals surface area contributed by atoms with Crippen LogP contribution in [0.4, 0.5) is 0 Å². The van der Waals surface area contributed by atoms with Crippen LogP contribution >= 0.6 is 0 Å². The summed E-state index contributed by atoms with van der Waals surface area (Å²) in [6, 6.07) is 7.70. The fourth-order valence-corrected chi connectivity index (χ4v) is 1.52. The van der Waals surface area contributed by atoms with E-state index in [0.717, 1.165) is 18.7 Å². The van der Waals surface area contributed by atoms with Crippen molar-refractivity contribution in [1.29, 1.82) is 0 Å². The minimum atomic E-state index is 0.156. The number of ketones is 1. The average molecular weight is 235 g/mol. The highest BCUT2D eigenvalue weighted by Crippen LogP contribution is 2.04. The number of rotatable bonds is 7. The van der Waals surface area contributed by atoms with E-state index < -0.39 is 0 Å². The Kier molecular flexibility index (Phi) is 5.87. The van der Waals surface area contributed by atoms with Gasteiger partial charge in [0.2, 0.25) is 0 Å². The molecule has 0 fully saturated rings. The second-order valence-corrected chi connectivity index (χ2v) is 4.22. The zero-order chi connectivity index (χ0) is 12.7. The smallest absolute Gasteiger partial charge is 0.176 e. The van der Waals surface area contributed by atoms with E-state index in [1.54, 1.807) is 0 Å². The Bertz CT molecular complexity index is 346. The molecule has 0 bridgehead atoms. The monoisotopic (exact) mass is 235 g/mol. The second kappa shape index (κ2) is 7.20. The molecule has 1 aromatic rings. The maximum atomic E-state index is 11.9. The molecule has 0 saturated heterocycles. The van der Waals surface area contributed by atoms with Gasteiger partial charge in [0.05, 0.1) is 13.2 Å². The summed E-state index contributed by atoms with van der Waals surface area (Å²) >= 11 is 0. The van der Waals surface area contributed by atoms with Gasteiger partial charge in [-0.25, -0.2) is 0 Å². The highest BCUT2D eigenvalue weighted by Gasteiger charge is 2.08. The maximum absolute atomic E-state index is 11.9. The normalized spacial score (nSPS) is 10.8. The van der Waals surface area contributed by atoms with Crippen molar-refractivity contribution in [3.8, 4) is 0 Å². The summed E-state index contributed by atoms with van der Waals surface area (Å²) in [6.45, 7) is 6.61. The third-order valence-corrected chi connectivity index (χ3v) is 2.61. The molecule has 3 heteroatoms. The Morgan fingerprint density at radius 1 is 1.29 bits per heavy atom. The first-order chi connectivity index (χ1) is 8.13. The molecule has 0 spiro atoms. The van der Waals surface area contributed by atoms with E-state index in [1.165, 1.54) is 5.56 Å². The van der Waals surface area contributed by atoms with Crippen molar-refractivity contribution in [2.24, 2.45) is 0 Å². The van der Waals surface area contributed by atoms with Crippen LogP contribution in [-0.4, -0.2) is 44.0 Å². The highest BCUT2D eigenvalue weighted by molar-refractivity contribution is 5.97. The van der Waals surface area contributed by atoms with Crippen LogP contribution in [0.2, 0.25) is 0 Å². The zero-order valence-corrected chi connectivity index (χ0v) is 10.9. The number of hydrogen-bond acceptors (Lipinski definition) is 3. The number of Topliss-reactive ketones (excluding diaryl/α,β-unsaturated/α-hetero) is 1. The summed E-state index contributed by atoms with van der Waals surface area (Å²) in [4.78, 5) is 13.9. The van der Waals surface area contributed by atoms with Gasteiger partial charge in [0.15, 0.2) is 5.78 Å². The van der Waals surface area contributed by atoms with Gasteiger partial charge in [-0.05, 0) is 20.9 Å². The molecule has 0 aliphatic heterocycles. The third kappa shape index (κ3) is 5.11. The van der Waals surface area contributed by atoms with Crippen molar-refractivity contribution in [3.63, 3.8) is 0 Å². The van der Waals surface area contributed by atoms with E-state index in [4.69, 9.17) is 4.74 Å². The fraction of sp³-hybridized carbons (Fsp3) is 0.500. The predicted molar refractivity (Wildman–Crippen MR) is 69.5 cm³/mol. The van der Waals surface area contributed by atoms with Crippen molar-refractivity contribution >= 4 is 5.78 Å². The number of hydrogen-bond donors (Lipinski definition) is 0. The van der Waals surface area contributed by atoms with Gasteiger partial charge >= 0.3 is 0 Å². The molecule has 0 aromatic heterocycles. The average Bonchev–Trinajstić information content (AvgIpc) is 2.30. The molecule has 0 amide bonds. The van der Waals surface area contributed by atoms with Crippen LogP contribution in [0, 0.1) is 6.92 Å². The van der Waals surface area contributed by atoms with Crippen LogP contribution in [0.25, 0.3) is 0 Å². The van der Waals surface area contributed by atoms with E-state index in [-0.39, 0.29) is 5.78 Å². The molecule has 0 heterocycles. The Morgan fingerprint density at radius 3 is 2.53 bits per heavy atom. The lowest BCUT2D eigenvalue weighted by atomic mass is 10.1. The van der Waals surface area contributed by atoms with Crippen LogP contribution in [0.5, 0.6) is 0 Å². The minimum absolute atomic E-state index is 0.156. The predicted octanol–water partition coefficient (Wildman–Crippen LogP) is 2.15. The molecule has 0 radical (unpaired) electrons. The number of ether oxygens (including phenoxy) is 1. The van der Waals surface area contributed by atoms with Crippen molar-refractivity contribution in [3.05, 3.63) is 35.4 Å². The van der Waals surface area contributed by atoms with Crippen LogP contribution in [0.3, 0.4) is 0 Å². The number of nitrogens with zero attached hydrogens (tertiary/aromatic N) is 1. The second-order valence-electron chi connectivity index (χ2n) is 4.22. The molecule has 0 unspecified atom stereocenters. The van der Waals surface area contributed by atoms with Crippen LogP contribution in [0.1, 0.15) is 22.8 Å². The van der Waals surface area contributed by atoms with Crippen molar-refractivity contribution < 1.29 is 9.53 Å². The molecule has 17 heavy (non-hydrogen) atoms. The van der Waals surface area contributed by atoms with Gasteiger partial charge in [0.25, 0.3) is 0 Å². The van der Waals surface area contributed by atoms with E-state index in [2.05, 4.69) is 0 Å². The molecule has 0 aliphatic rings. The standard InChI is InChI=1S/C14H21NO2/c1-4-17-10-9-15(3)11-14(16)13-7-5-12(2)6-8-13/h5-8H,4,9-11H2,1-3H3. The number of carbonyl (C=O) groups is 1. The Hall–Kier alpha value is -1.19. The van der Waals surface area contributed by atoms with E-state index >= 15 is 0 Å². The highest BCUT2D eigenvalue weighted by atomic mass is 16.5. The molecule has 0 atom stereocenters. The van der Waals surface area contributed by atoms with Crippen LogP contribution < -0.4 is 0 Å². The van der Waals surface area contributed by atoms with Gasteiger partial charge in [-0.15, -0.1) is 0 Å². The largest absolute Gasteiger partial charge is 0.380 e. The molecular weight excluding hydrogens is 214 g/mol. The van der Waals surface area contributed by atoms with Gasteiger partial charge in [-0.2, -0.15) is 0 Å². The summed E-state index contributed by atoms with van der Waals surface area (Å²) in [7, 11) is 1.94. The minimum Gasteiger partial charge on any atom is -0.380 e. The molecule has 1 rings (SSSR count). The maximum Gasteiger partial charge on any atom is 0.176 e. The van der Waals surface area contributed by atoms with Gasteiger partial charge in [-0.3, -0.25) is 9.69 Å². The molecule has 0 N–H and O–H groups in total. The lowest BCUT2D eigenvalue weighted by molar-refractivity contribution is 0.0897. The summed E-state index contributed by atoms with van der Waals surface area (Å²) in [5.74, 6) is 0.156. The topological polar surface area (TPSA) is 29.5 Å². The number of likely N-dealkylation sites (N-methyl/N-ethyl adjacent to an activating group) is 1. The van der Waals surface area contributed by atoms with E-state index in [0.29, 0.717) is 13.2 Å². The molecule has 3 nitrogen and oxygen atoms in total. The molecule has 94 valence electrons. The van der Waals surface area contributed by atoms with Gasteiger partial charge in [0, 0.05) is 18.7 Å². The molecule has 0 aliphatic carbocycles. The summed E-state index contributed by atoms with van der Waals surface area (Å²) in [6.07, 6.45) is 0. The SMILES string of the molecule is CCOCCN(C)CC(=O)c1ccc(C)cc1. The number of aryl methyl sites for hydroxylation is 1. The third-order valence-electron chi connectivity index (χ3n) is 2.61. The van der Waals surface area contributed by atoms with Gasteiger partial charge in [-0.1, -0.05) is 29.8 Å². The van der Waals surface area contributed by atoms with Gasteiger partial charge < -0.3 is 4.74 Å². The molecular formula is C14H21NO2. The Morgan fingerprint density at radius 2 is 1.94 bits per heavy atom. The molecule has 0 saturated carbocycles. The quantitative estimate of drug-likeness (QED) is 0.535. The molecule has 1 aromatic carbocycles. The summed E-state index contributed by atoms with van der Waals surface area (Å²) in [5.41, 5.74) is 1.95. The number of benzene rings is 1. The van der Waals surface area contributed by atoms with E-state index in [1.807, 2.05) is 50.1 Å². The summed E-state index contributed by atoms with van der Waals surface area (Å²) < 4.78 is 5.25. The van der Waals surface area contributed by atoms with E-state index in [9.17, 15) is 4.79 Å². The van der Waals surface area contributed by atoms with Crippen molar-refractivity contribution in [1.82, 2.24) is 4.90 Å². The lowest BCUT2D eigenvalue weighted by Crippen LogP contribution is -2.29. The first-order valence-electron chi connectivity index (χ1n) is 5.99. The summed E-state index contributed by atoms with van der Waals surface area (Å²) in [5, 5.41) is 0. The zero-order valence-electron chi connectivity index (χ0n) is 10.9. The first-order valence-corrected chi connectivity index (χ1v) is 5.99. The first kappa shape index (κ1) is 13.9. The van der Waals surface area contributed by atoms with Gasteiger partial charge in [0.1, 0.15) is 0 Å². The lowest BCUT2D eigenvalue weighted by Gasteiger charge is -2.15. The van der Waals surface area contributed by atoms with Crippen molar-refractivity contribution in [2.45, 2.75) is 13.8 Å². The van der Waals surface area contributed by atoms with Crippen molar-refractivity contribution in [2.75, 3.05) is 33.4 Å². The fourth-order valence-electron chi connectivity index (χ4n) is 1.52. The number of carbonyl (C=O) groups excluding carboxylic acids is 1. The Balaban J connectivity index is 2.40. The Labute approximate surface area is 103 Å². The van der Waals surface area contributed by atoms with Crippen LogP contribution in [-0.2, 0) is 4.74 Å².